The summed E-state index contributed by atoms with van der Waals surface area (Å²) in [6.07, 6.45) is 5.52. The first-order valence-corrected chi connectivity index (χ1v) is 12.4. The summed E-state index contributed by atoms with van der Waals surface area (Å²) in [4.78, 5) is 12.5. The van der Waals surface area contributed by atoms with E-state index in [2.05, 4.69) is 20.1 Å². The molecule has 0 bridgehead atoms. The fraction of sp³-hybridized carbons (Fsp3) is 0.375. The normalized spacial score (nSPS) is 14.1. The van der Waals surface area contributed by atoms with Crippen molar-refractivity contribution in [3.63, 3.8) is 0 Å². The fourth-order valence-electron chi connectivity index (χ4n) is 4.12. The first kappa shape index (κ1) is 24.3. The fourth-order valence-corrected chi connectivity index (χ4v) is 5.09. The maximum Gasteiger partial charge on any atom is 0.234 e. The van der Waals surface area contributed by atoms with E-state index in [1.54, 1.807) is 14.2 Å². The highest BCUT2D eigenvalue weighted by molar-refractivity contribution is 7.99. The van der Waals surface area contributed by atoms with Crippen LogP contribution < -0.4 is 14.8 Å². The number of thioether (sulfide) groups is 1. The average Bonchev–Trinajstić information content (AvgIpc) is 3.28. The number of nitrogens with zero attached hydrogens (tertiary/aromatic N) is 3. The molecule has 0 atom stereocenters. The van der Waals surface area contributed by atoms with Crippen LogP contribution in [0.2, 0.25) is 5.02 Å². The number of anilines is 1. The Kier molecular flexibility index (Phi) is 7.95. The summed E-state index contributed by atoms with van der Waals surface area (Å²) in [7, 11) is 3.19. The number of rotatable bonds is 8. The Morgan fingerprint density at radius 1 is 1.12 bits per heavy atom. The maximum absolute atomic E-state index is 14.0. The molecule has 1 amide bonds. The minimum atomic E-state index is -0.577. The second-order valence-electron chi connectivity index (χ2n) is 8.00. The minimum Gasteiger partial charge on any atom is -0.493 e. The summed E-state index contributed by atoms with van der Waals surface area (Å²) < 4.78 is 27.0. The lowest BCUT2D eigenvalue weighted by molar-refractivity contribution is -0.113. The van der Waals surface area contributed by atoms with Crippen molar-refractivity contribution in [2.24, 2.45) is 0 Å². The van der Waals surface area contributed by atoms with Gasteiger partial charge in [-0.2, -0.15) is 0 Å². The Labute approximate surface area is 207 Å². The third kappa shape index (κ3) is 5.47. The van der Waals surface area contributed by atoms with Gasteiger partial charge in [0.05, 0.1) is 25.7 Å². The van der Waals surface area contributed by atoms with Gasteiger partial charge in [-0.1, -0.05) is 42.6 Å². The van der Waals surface area contributed by atoms with E-state index in [1.807, 2.05) is 18.2 Å². The SMILES string of the molecule is COc1ccc(-c2nnc(SCC(=O)Nc3ccc(Cl)cc3F)n2C2CCCCC2)cc1OC. The smallest absolute Gasteiger partial charge is 0.234 e. The van der Waals surface area contributed by atoms with Crippen molar-refractivity contribution in [3.8, 4) is 22.9 Å². The topological polar surface area (TPSA) is 78.3 Å². The third-order valence-corrected chi connectivity index (χ3v) is 6.96. The van der Waals surface area contributed by atoms with Gasteiger partial charge in [-0.3, -0.25) is 9.36 Å². The molecule has 1 heterocycles. The van der Waals surface area contributed by atoms with E-state index in [1.165, 1.54) is 36.4 Å². The number of ether oxygens (including phenoxy) is 2. The molecule has 0 radical (unpaired) electrons. The van der Waals surface area contributed by atoms with Gasteiger partial charge in [-0.25, -0.2) is 4.39 Å². The summed E-state index contributed by atoms with van der Waals surface area (Å²) in [5.74, 6) is 1.12. The molecule has 1 saturated carbocycles. The zero-order valence-corrected chi connectivity index (χ0v) is 20.6. The molecule has 0 spiro atoms. The van der Waals surface area contributed by atoms with E-state index < -0.39 is 5.82 Å². The number of aromatic nitrogens is 3. The largest absolute Gasteiger partial charge is 0.493 e. The molecule has 10 heteroatoms. The van der Waals surface area contributed by atoms with Crippen molar-refractivity contribution >= 4 is 35.0 Å². The second-order valence-corrected chi connectivity index (χ2v) is 9.38. The van der Waals surface area contributed by atoms with Crippen LogP contribution in [0.3, 0.4) is 0 Å². The molecule has 1 fully saturated rings. The molecule has 3 aromatic rings. The number of nitrogens with one attached hydrogen (secondary N) is 1. The Balaban J connectivity index is 1.57. The summed E-state index contributed by atoms with van der Waals surface area (Å²) in [5, 5.41) is 12.4. The van der Waals surface area contributed by atoms with Gasteiger partial charge in [0.25, 0.3) is 0 Å². The predicted molar refractivity (Wildman–Crippen MR) is 131 cm³/mol. The van der Waals surface area contributed by atoms with Gasteiger partial charge < -0.3 is 14.8 Å². The monoisotopic (exact) mass is 504 g/mol. The Morgan fingerprint density at radius 2 is 1.88 bits per heavy atom. The Hall–Kier alpha value is -2.78. The highest BCUT2D eigenvalue weighted by Gasteiger charge is 2.25. The van der Waals surface area contributed by atoms with Gasteiger partial charge in [0.15, 0.2) is 22.5 Å². The van der Waals surface area contributed by atoms with Crippen LogP contribution in [0.15, 0.2) is 41.6 Å². The first-order chi connectivity index (χ1) is 16.5. The summed E-state index contributed by atoms with van der Waals surface area (Å²) in [6, 6.07) is 10.0. The van der Waals surface area contributed by atoms with Crippen LogP contribution in [0.25, 0.3) is 11.4 Å². The Morgan fingerprint density at radius 3 is 2.59 bits per heavy atom. The molecular formula is C24H26ClFN4O3S. The van der Waals surface area contributed by atoms with Crippen LogP contribution in [0.1, 0.15) is 38.1 Å². The van der Waals surface area contributed by atoms with Crippen molar-refractivity contribution in [3.05, 3.63) is 47.2 Å². The van der Waals surface area contributed by atoms with Gasteiger partial charge >= 0.3 is 0 Å². The molecule has 34 heavy (non-hydrogen) atoms. The van der Waals surface area contributed by atoms with Crippen molar-refractivity contribution in [1.29, 1.82) is 0 Å². The molecule has 4 rings (SSSR count). The number of hydrogen-bond donors (Lipinski definition) is 1. The number of carbonyl (C=O) groups is 1. The number of amides is 1. The van der Waals surface area contributed by atoms with E-state index in [0.29, 0.717) is 16.7 Å². The molecule has 0 saturated heterocycles. The predicted octanol–water partition coefficient (Wildman–Crippen LogP) is 5.99. The van der Waals surface area contributed by atoms with E-state index in [9.17, 15) is 9.18 Å². The molecular weight excluding hydrogens is 479 g/mol. The molecule has 2 aromatic carbocycles. The van der Waals surface area contributed by atoms with Crippen molar-refractivity contribution in [1.82, 2.24) is 14.8 Å². The standard InChI is InChI=1S/C24H26ClFN4O3S/c1-32-20-11-8-15(12-21(20)33-2)23-28-29-24(30(23)17-6-4-3-5-7-17)34-14-22(31)27-19-10-9-16(25)13-18(19)26/h8-13,17H,3-7,14H2,1-2H3,(H,27,31). The lowest BCUT2D eigenvalue weighted by Crippen LogP contribution is -2.18. The lowest BCUT2D eigenvalue weighted by Gasteiger charge is -2.25. The molecule has 180 valence electrons. The second kappa shape index (κ2) is 11.1. The molecule has 1 N–H and O–H groups in total. The zero-order valence-electron chi connectivity index (χ0n) is 19.0. The minimum absolute atomic E-state index is 0.0683. The number of carbonyl (C=O) groups excluding carboxylic acids is 1. The quantitative estimate of drug-likeness (QED) is 0.379. The highest BCUT2D eigenvalue weighted by Crippen LogP contribution is 2.38. The molecule has 1 aliphatic carbocycles. The summed E-state index contributed by atoms with van der Waals surface area (Å²) in [5.41, 5.74) is 0.949. The summed E-state index contributed by atoms with van der Waals surface area (Å²) >= 11 is 7.07. The highest BCUT2D eigenvalue weighted by atomic mass is 35.5. The van der Waals surface area contributed by atoms with E-state index >= 15 is 0 Å². The van der Waals surface area contributed by atoms with Gasteiger partial charge in [0, 0.05) is 16.6 Å². The van der Waals surface area contributed by atoms with Gasteiger partial charge in [0.2, 0.25) is 5.91 Å². The maximum atomic E-state index is 14.0. The molecule has 0 aliphatic heterocycles. The molecule has 7 nitrogen and oxygen atoms in total. The van der Waals surface area contributed by atoms with Gasteiger partial charge in [0.1, 0.15) is 5.82 Å². The van der Waals surface area contributed by atoms with Crippen LogP contribution in [0, 0.1) is 5.82 Å². The van der Waals surface area contributed by atoms with E-state index in [0.717, 1.165) is 37.1 Å². The van der Waals surface area contributed by atoms with Gasteiger partial charge in [-0.15, -0.1) is 10.2 Å². The van der Waals surface area contributed by atoms with Crippen molar-refractivity contribution in [2.45, 2.75) is 43.3 Å². The van der Waals surface area contributed by atoms with Crippen molar-refractivity contribution in [2.75, 3.05) is 25.3 Å². The number of hydrogen-bond acceptors (Lipinski definition) is 6. The number of benzene rings is 2. The van der Waals surface area contributed by atoms with E-state index in [4.69, 9.17) is 21.1 Å². The summed E-state index contributed by atoms with van der Waals surface area (Å²) in [6.45, 7) is 0. The molecule has 1 aliphatic rings. The van der Waals surface area contributed by atoms with Crippen LogP contribution in [-0.2, 0) is 4.79 Å². The first-order valence-electron chi connectivity index (χ1n) is 11.0. The Bertz CT molecular complexity index is 1170. The molecule has 1 aromatic heterocycles. The van der Waals surface area contributed by atoms with Crippen LogP contribution in [-0.4, -0.2) is 40.6 Å². The zero-order chi connectivity index (χ0) is 24.1. The lowest BCUT2D eigenvalue weighted by atomic mass is 9.95. The van der Waals surface area contributed by atoms with Crippen LogP contribution in [0.5, 0.6) is 11.5 Å². The van der Waals surface area contributed by atoms with Crippen LogP contribution in [0.4, 0.5) is 10.1 Å². The molecule has 0 unspecified atom stereocenters. The van der Waals surface area contributed by atoms with Gasteiger partial charge in [-0.05, 0) is 49.2 Å². The van der Waals surface area contributed by atoms with E-state index in [-0.39, 0.29) is 28.4 Å². The number of halogens is 2. The van der Waals surface area contributed by atoms with Crippen molar-refractivity contribution < 1.29 is 18.7 Å². The number of methoxy groups -OCH3 is 2. The third-order valence-electron chi connectivity index (χ3n) is 5.78. The van der Waals surface area contributed by atoms with Crippen LogP contribution >= 0.6 is 23.4 Å². The average molecular weight is 505 g/mol.